The molecule has 20 heavy (non-hydrogen) atoms. The van der Waals surface area contributed by atoms with Crippen LogP contribution in [0.2, 0.25) is 0 Å². The van der Waals surface area contributed by atoms with Gasteiger partial charge in [-0.1, -0.05) is 18.9 Å². The van der Waals surface area contributed by atoms with Gasteiger partial charge in [0.25, 0.3) is 0 Å². The molecule has 0 heterocycles. The Bertz CT molecular complexity index is 418. The molecule has 1 amide bonds. The van der Waals surface area contributed by atoms with Gasteiger partial charge in [-0.25, -0.2) is 8.78 Å². The smallest absolute Gasteiger partial charge is 0.220 e. The zero-order chi connectivity index (χ0) is 15.0. The highest BCUT2D eigenvalue weighted by Crippen LogP contribution is 2.20. The van der Waals surface area contributed by atoms with Crippen molar-refractivity contribution in [2.45, 2.75) is 45.1 Å². The number of amides is 1. The molecule has 0 aliphatic heterocycles. The second-order valence-corrected chi connectivity index (χ2v) is 4.88. The van der Waals surface area contributed by atoms with Crippen molar-refractivity contribution in [3.63, 3.8) is 0 Å². The zero-order valence-corrected chi connectivity index (χ0v) is 11.8. The fraction of sp³-hybridized carbons (Fsp3) is 0.533. The van der Waals surface area contributed by atoms with E-state index in [4.69, 9.17) is 5.73 Å². The van der Waals surface area contributed by atoms with E-state index in [1.807, 2.05) is 0 Å². The summed E-state index contributed by atoms with van der Waals surface area (Å²) in [6, 6.07) is 3.01. The lowest BCUT2D eigenvalue weighted by atomic mass is 10.1. The Labute approximate surface area is 118 Å². The lowest BCUT2D eigenvalue weighted by molar-refractivity contribution is -0.121. The van der Waals surface area contributed by atoms with Crippen molar-refractivity contribution in [3.05, 3.63) is 35.4 Å². The highest BCUT2D eigenvalue weighted by atomic mass is 19.1. The van der Waals surface area contributed by atoms with Crippen molar-refractivity contribution in [2.75, 3.05) is 6.54 Å². The highest BCUT2D eigenvalue weighted by Gasteiger charge is 2.17. The van der Waals surface area contributed by atoms with Crippen LogP contribution in [-0.2, 0) is 4.79 Å². The van der Waals surface area contributed by atoms with E-state index in [9.17, 15) is 13.6 Å². The Hall–Kier alpha value is -1.49. The number of unbranched alkanes of at least 4 members (excludes halogenated alkanes) is 3. The number of rotatable bonds is 8. The van der Waals surface area contributed by atoms with Gasteiger partial charge in [0.1, 0.15) is 11.6 Å². The van der Waals surface area contributed by atoms with Crippen molar-refractivity contribution in [1.82, 2.24) is 5.32 Å². The van der Waals surface area contributed by atoms with Crippen LogP contribution in [0.5, 0.6) is 0 Å². The number of halogens is 2. The molecular weight excluding hydrogens is 262 g/mol. The third kappa shape index (κ3) is 5.25. The molecular formula is C15H22F2N2O. The Kier molecular flexibility index (Phi) is 7.15. The number of hydrogen-bond acceptors (Lipinski definition) is 2. The second-order valence-electron chi connectivity index (χ2n) is 4.88. The molecule has 0 saturated carbocycles. The van der Waals surface area contributed by atoms with E-state index in [0.717, 1.165) is 25.7 Å². The van der Waals surface area contributed by atoms with Gasteiger partial charge in [-0.2, -0.15) is 0 Å². The molecule has 3 nitrogen and oxygen atoms in total. The summed E-state index contributed by atoms with van der Waals surface area (Å²) in [5.74, 6) is -1.46. The zero-order valence-electron chi connectivity index (χ0n) is 11.8. The van der Waals surface area contributed by atoms with E-state index in [1.54, 1.807) is 6.92 Å². The molecule has 0 fully saturated rings. The molecule has 0 aromatic heterocycles. The van der Waals surface area contributed by atoms with Crippen molar-refractivity contribution < 1.29 is 13.6 Å². The van der Waals surface area contributed by atoms with Gasteiger partial charge >= 0.3 is 0 Å². The van der Waals surface area contributed by atoms with Crippen LogP contribution in [0.4, 0.5) is 8.78 Å². The Balaban J connectivity index is 2.42. The van der Waals surface area contributed by atoms with Gasteiger partial charge in [0.2, 0.25) is 5.91 Å². The van der Waals surface area contributed by atoms with Gasteiger partial charge in [0.15, 0.2) is 0 Å². The van der Waals surface area contributed by atoms with Crippen LogP contribution in [0, 0.1) is 11.6 Å². The lowest BCUT2D eigenvalue weighted by Gasteiger charge is -2.15. The Morgan fingerprint density at radius 1 is 1.20 bits per heavy atom. The van der Waals surface area contributed by atoms with Gasteiger partial charge in [0, 0.05) is 12.0 Å². The summed E-state index contributed by atoms with van der Waals surface area (Å²) in [4.78, 5) is 11.7. The molecule has 0 aliphatic rings. The topological polar surface area (TPSA) is 55.1 Å². The van der Waals surface area contributed by atoms with E-state index >= 15 is 0 Å². The third-order valence-corrected chi connectivity index (χ3v) is 3.17. The minimum atomic E-state index is -0.673. The first-order chi connectivity index (χ1) is 9.56. The summed E-state index contributed by atoms with van der Waals surface area (Å²) in [5, 5.41) is 2.63. The number of hydrogen-bond donors (Lipinski definition) is 2. The number of nitrogens with one attached hydrogen (secondary N) is 1. The number of carbonyl (C=O) groups excluding carboxylic acids is 1. The molecule has 0 saturated heterocycles. The maximum atomic E-state index is 13.5. The molecule has 5 heteroatoms. The summed E-state index contributed by atoms with van der Waals surface area (Å²) in [5.41, 5.74) is 5.29. The largest absolute Gasteiger partial charge is 0.349 e. The summed E-state index contributed by atoms with van der Waals surface area (Å²) >= 11 is 0. The van der Waals surface area contributed by atoms with Gasteiger partial charge < -0.3 is 11.1 Å². The van der Waals surface area contributed by atoms with E-state index in [1.165, 1.54) is 18.2 Å². The fourth-order valence-electron chi connectivity index (χ4n) is 2.09. The maximum absolute atomic E-state index is 13.5. The summed E-state index contributed by atoms with van der Waals surface area (Å²) in [6.45, 7) is 2.24. The molecule has 0 radical (unpaired) electrons. The maximum Gasteiger partial charge on any atom is 0.220 e. The van der Waals surface area contributed by atoms with Crippen LogP contribution >= 0.6 is 0 Å². The molecule has 1 aromatic rings. The van der Waals surface area contributed by atoms with Crippen molar-refractivity contribution in [2.24, 2.45) is 5.73 Å². The molecule has 112 valence electrons. The van der Waals surface area contributed by atoms with E-state index in [-0.39, 0.29) is 11.5 Å². The van der Waals surface area contributed by atoms with Crippen LogP contribution in [0.15, 0.2) is 18.2 Å². The third-order valence-electron chi connectivity index (χ3n) is 3.17. The number of nitrogens with two attached hydrogens (primary N) is 1. The van der Waals surface area contributed by atoms with E-state index in [2.05, 4.69) is 5.32 Å². The fourth-order valence-corrected chi connectivity index (χ4v) is 2.09. The minimum Gasteiger partial charge on any atom is -0.349 e. The van der Waals surface area contributed by atoms with Crippen LogP contribution in [0.1, 0.15) is 50.6 Å². The monoisotopic (exact) mass is 284 g/mol. The first-order valence-corrected chi connectivity index (χ1v) is 6.99. The molecule has 0 bridgehead atoms. The van der Waals surface area contributed by atoms with Crippen molar-refractivity contribution in [3.8, 4) is 0 Å². The standard InChI is InChI=1S/C15H22F2N2O/c1-11(15-12(16)7-6-8-13(15)17)19-14(20)9-4-2-3-5-10-18/h6-8,11H,2-5,9-10,18H2,1H3,(H,19,20). The summed E-state index contributed by atoms with van der Waals surface area (Å²) in [6.07, 6.45) is 4.02. The first-order valence-electron chi connectivity index (χ1n) is 6.99. The van der Waals surface area contributed by atoms with E-state index in [0.29, 0.717) is 13.0 Å². The Morgan fingerprint density at radius 3 is 2.40 bits per heavy atom. The van der Waals surface area contributed by atoms with Crippen LogP contribution in [-0.4, -0.2) is 12.5 Å². The van der Waals surface area contributed by atoms with E-state index < -0.39 is 17.7 Å². The molecule has 1 rings (SSSR count). The predicted octanol–water partition coefficient (Wildman–Crippen LogP) is 3.05. The van der Waals surface area contributed by atoms with Crippen LogP contribution < -0.4 is 11.1 Å². The summed E-state index contributed by atoms with van der Waals surface area (Å²) < 4.78 is 27.1. The average Bonchev–Trinajstić information content (AvgIpc) is 2.38. The molecule has 1 unspecified atom stereocenters. The van der Waals surface area contributed by atoms with Crippen molar-refractivity contribution >= 4 is 5.91 Å². The first kappa shape index (κ1) is 16.6. The molecule has 3 N–H and O–H groups in total. The molecule has 1 atom stereocenters. The van der Waals surface area contributed by atoms with Gasteiger partial charge in [-0.15, -0.1) is 0 Å². The van der Waals surface area contributed by atoms with Gasteiger partial charge in [-0.3, -0.25) is 4.79 Å². The number of carbonyl (C=O) groups is 1. The van der Waals surface area contributed by atoms with Gasteiger partial charge in [-0.05, 0) is 38.4 Å². The van der Waals surface area contributed by atoms with Crippen LogP contribution in [0.3, 0.4) is 0 Å². The highest BCUT2D eigenvalue weighted by molar-refractivity contribution is 5.76. The van der Waals surface area contributed by atoms with Gasteiger partial charge in [0.05, 0.1) is 6.04 Å². The molecule has 0 aliphatic carbocycles. The predicted molar refractivity (Wildman–Crippen MR) is 75.1 cm³/mol. The number of benzene rings is 1. The SMILES string of the molecule is CC(NC(=O)CCCCCCN)c1c(F)cccc1F. The summed E-state index contributed by atoms with van der Waals surface area (Å²) in [7, 11) is 0. The average molecular weight is 284 g/mol. The molecule has 1 aromatic carbocycles. The normalized spacial score (nSPS) is 12.2. The Morgan fingerprint density at radius 2 is 1.80 bits per heavy atom. The quantitative estimate of drug-likeness (QED) is 0.721. The molecule has 0 spiro atoms. The lowest BCUT2D eigenvalue weighted by Crippen LogP contribution is -2.27. The minimum absolute atomic E-state index is 0.0935. The second kappa shape index (κ2) is 8.64. The van der Waals surface area contributed by atoms with Crippen molar-refractivity contribution in [1.29, 1.82) is 0 Å². The van der Waals surface area contributed by atoms with Crippen LogP contribution in [0.25, 0.3) is 0 Å².